The molecule has 3 N–H and O–H groups in total. The molecule has 288 valence electrons. The van der Waals surface area contributed by atoms with Gasteiger partial charge in [-0.1, -0.05) is 6.07 Å². The molecule has 2 atom stereocenters. The van der Waals surface area contributed by atoms with Crippen molar-refractivity contribution in [3.8, 4) is 5.75 Å². The van der Waals surface area contributed by atoms with Gasteiger partial charge in [-0.15, -0.1) is 0 Å². The molecule has 0 bridgehead atoms. The number of fused-ring (bicyclic) bond motifs is 1. The predicted octanol–water partition coefficient (Wildman–Crippen LogP) is 4.71. The Labute approximate surface area is 309 Å². The third-order valence-electron chi connectivity index (χ3n) is 9.72. The first kappa shape index (κ1) is 41.0. The number of nitrogens with zero attached hydrogens (tertiary/aromatic N) is 3. The average molecular weight is 761 g/mol. The van der Waals surface area contributed by atoms with E-state index in [4.69, 9.17) is 25.2 Å². The number of amides is 1. The monoisotopic (exact) mass is 761 g/mol. The number of rotatable bonds is 7. The van der Waals surface area contributed by atoms with Crippen LogP contribution in [0.1, 0.15) is 79.5 Å². The number of hydrogen-bond donors (Lipinski definition) is 3. The van der Waals surface area contributed by atoms with Gasteiger partial charge in [0.05, 0.1) is 31.0 Å². The predicted molar refractivity (Wildman–Crippen MR) is 184 cm³/mol. The summed E-state index contributed by atoms with van der Waals surface area (Å²) in [6, 6.07) is 4.28. The van der Waals surface area contributed by atoms with E-state index in [0.29, 0.717) is 11.6 Å². The molecule has 2 aromatic carbocycles. The lowest BCUT2D eigenvalue weighted by molar-refractivity contribution is -0.202. The highest BCUT2D eigenvalue weighted by Gasteiger charge is 2.60. The van der Waals surface area contributed by atoms with Gasteiger partial charge < -0.3 is 29.5 Å². The second kappa shape index (κ2) is 13.5. The van der Waals surface area contributed by atoms with Crippen LogP contribution in [-0.2, 0) is 19.9 Å². The minimum atomic E-state index is -5.76. The number of piperidine rings is 1. The molecule has 1 aliphatic heterocycles. The summed E-state index contributed by atoms with van der Waals surface area (Å²) in [5, 5.41) is 33.6. The van der Waals surface area contributed by atoms with Crippen molar-refractivity contribution in [2.45, 2.75) is 88.6 Å². The van der Waals surface area contributed by atoms with Crippen LogP contribution in [-0.4, -0.2) is 103 Å². The fourth-order valence-electron chi connectivity index (χ4n) is 7.67. The van der Waals surface area contributed by atoms with Crippen molar-refractivity contribution < 1.29 is 65.9 Å². The van der Waals surface area contributed by atoms with Crippen molar-refractivity contribution in [1.82, 2.24) is 9.47 Å². The van der Waals surface area contributed by atoms with Crippen LogP contribution < -0.4 is 9.64 Å². The molecule has 4 radical (unpaired) electrons. The van der Waals surface area contributed by atoms with Crippen LogP contribution in [0, 0.1) is 12.3 Å². The largest absolute Gasteiger partial charge is 0.496 e. The van der Waals surface area contributed by atoms with Crippen LogP contribution in [0.3, 0.4) is 0 Å². The number of aliphatic hydroxyl groups is 3. The Morgan fingerprint density at radius 1 is 1.00 bits per heavy atom. The second-order valence-electron chi connectivity index (χ2n) is 14.9. The molecule has 19 heteroatoms. The number of benzene rings is 2. The number of aromatic nitrogens is 1. The van der Waals surface area contributed by atoms with E-state index >= 15 is 0 Å². The molecule has 1 saturated heterocycles. The highest BCUT2D eigenvalue weighted by Crippen LogP contribution is 2.62. The van der Waals surface area contributed by atoms with Gasteiger partial charge in [0.1, 0.15) is 24.8 Å². The van der Waals surface area contributed by atoms with E-state index in [-0.39, 0.29) is 47.2 Å². The van der Waals surface area contributed by atoms with E-state index < -0.39 is 87.6 Å². The molecule has 54 heavy (non-hydrogen) atoms. The summed E-state index contributed by atoms with van der Waals surface area (Å²) in [6.07, 6.45) is -6.73. The van der Waals surface area contributed by atoms with E-state index in [1.165, 1.54) is 34.9 Å². The second-order valence-corrected chi connectivity index (χ2v) is 14.9. The Morgan fingerprint density at radius 3 is 2.15 bits per heavy atom. The van der Waals surface area contributed by atoms with Crippen LogP contribution in [0.15, 0.2) is 36.5 Å². The molecular formula is C35H38B2F5N3O9. The van der Waals surface area contributed by atoms with Crippen molar-refractivity contribution in [1.29, 1.82) is 0 Å². The number of alkyl halides is 5. The summed E-state index contributed by atoms with van der Waals surface area (Å²) in [4.78, 5) is 39.2. The number of hydrogen-bond acceptors (Lipinski definition) is 10. The molecule has 3 aromatic rings. The van der Waals surface area contributed by atoms with Crippen molar-refractivity contribution in [2.75, 3.05) is 25.7 Å². The third kappa shape index (κ3) is 7.55. The van der Waals surface area contributed by atoms with Crippen LogP contribution >= 0.6 is 0 Å². The zero-order valence-electron chi connectivity index (χ0n) is 30.3. The summed E-state index contributed by atoms with van der Waals surface area (Å²) in [6.45, 7) is 6.36. The van der Waals surface area contributed by atoms with Crippen molar-refractivity contribution in [2.24, 2.45) is 5.41 Å². The van der Waals surface area contributed by atoms with Gasteiger partial charge in [0.25, 0.3) is 0 Å². The Balaban J connectivity index is 1.78. The van der Waals surface area contributed by atoms with Crippen molar-refractivity contribution in [3.05, 3.63) is 58.8 Å². The molecular weight excluding hydrogens is 723 g/mol. The van der Waals surface area contributed by atoms with Crippen LogP contribution in [0.25, 0.3) is 10.9 Å². The molecule has 1 amide bonds. The molecule has 2 heterocycles. The first-order valence-corrected chi connectivity index (χ1v) is 16.6. The average Bonchev–Trinajstić information content (AvgIpc) is 3.47. The van der Waals surface area contributed by atoms with Crippen LogP contribution in [0.2, 0.25) is 0 Å². The minimum absolute atomic E-state index is 0.00276. The first-order valence-electron chi connectivity index (χ1n) is 16.6. The highest BCUT2D eigenvalue weighted by atomic mass is 19.4. The highest BCUT2D eigenvalue weighted by molar-refractivity contribution is 6.19. The zero-order chi connectivity index (χ0) is 40.6. The number of carbonyl (C=O) groups is 3. The number of ether oxygens (including phenoxy) is 3. The fraction of sp³-hybridized carbons (Fsp3) is 0.514. The summed E-state index contributed by atoms with van der Waals surface area (Å²) in [5.74, 6) is -11.1. The minimum Gasteiger partial charge on any atom is -0.496 e. The van der Waals surface area contributed by atoms with Gasteiger partial charge in [-0.3, -0.25) is 19.2 Å². The van der Waals surface area contributed by atoms with Gasteiger partial charge in [0, 0.05) is 42.6 Å². The number of halogens is 5. The lowest BCUT2D eigenvalue weighted by atomic mass is 9.58. The fourth-order valence-corrected chi connectivity index (χ4v) is 7.67. The summed E-state index contributed by atoms with van der Waals surface area (Å²) in [7, 11) is 14.4. The van der Waals surface area contributed by atoms with Gasteiger partial charge in [0.15, 0.2) is 13.7 Å². The van der Waals surface area contributed by atoms with Gasteiger partial charge in [-0.05, 0) is 81.3 Å². The van der Waals surface area contributed by atoms with Crippen molar-refractivity contribution in [3.63, 3.8) is 0 Å². The topological polar surface area (TPSA) is 151 Å². The Bertz CT molecular complexity index is 1980. The molecule has 2 unspecified atom stereocenters. The van der Waals surface area contributed by atoms with E-state index in [9.17, 15) is 51.7 Å². The maximum absolute atomic E-state index is 14.5. The quantitative estimate of drug-likeness (QED) is 0.134. The summed E-state index contributed by atoms with van der Waals surface area (Å²) in [5.41, 5.74) is -5.96. The smallest absolute Gasteiger partial charge is 0.471 e. The standard InChI is InChI=1S/C35H38B2F5N3O9/c1-18-13-24(52-5)25(21-9-11-43(26(18)21)29(48)54-30(2,3)4)33(36,49)44-12-10-31(16-32(38,39)17-31)15-23(44)20-8-7-19(27(46)53-6)14-22(20)45(35(37,50)51)28(47)34(40,41)42/h7-9,11,13-14,23,49-51H,10,12,15-17H2,1-6H3. The number of methoxy groups -OCH3 is 2. The SMILES string of the molecule is [B]C(O)(O)N(C(=O)C(F)(F)F)c1cc(C(=O)OC)ccc1C1CC2(CCN1C([B])(O)c1c(OC)cc(C)c3c1ccn3C(=O)OC(C)(C)C)CC(F)(F)C2. The van der Waals surface area contributed by atoms with E-state index in [1.807, 2.05) is 0 Å². The summed E-state index contributed by atoms with van der Waals surface area (Å²) < 4.78 is 88.1. The maximum Gasteiger partial charge on any atom is 0.471 e. The molecule has 1 saturated carbocycles. The molecule has 1 spiro atoms. The molecule has 1 aromatic heterocycles. The first-order chi connectivity index (χ1) is 24.7. The Kier molecular flexibility index (Phi) is 10.3. The normalized spacial score (nSPS) is 19.9. The lowest BCUT2D eigenvalue weighted by Gasteiger charge is -2.57. The number of aryl methyl sites for hydroxylation is 1. The number of carbonyl (C=O) groups excluding carboxylic acids is 3. The maximum atomic E-state index is 14.5. The third-order valence-corrected chi connectivity index (χ3v) is 9.72. The summed E-state index contributed by atoms with van der Waals surface area (Å²) >= 11 is 0. The van der Waals surface area contributed by atoms with Gasteiger partial charge >= 0.3 is 24.1 Å². The number of esters is 1. The lowest BCUT2D eigenvalue weighted by Crippen LogP contribution is -2.59. The number of anilines is 1. The van der Waals surface area contributed by atoms with E-state index in [0.717, 1.165) is 19.2 Å². The molecule has 2 fully saturated rings. The van der Waals surface area contributed by atoms with E-state index in [1.54, 1.807) is 27.7 Å². The molecule has 12 nitrogen and oxygen atoms in total. The van der Waals surface area contributed by atoms with Gasteiger partial charge in [-0.25, -0.2) is 18.4 Å². The Morgan fingerprint density at radius 2 is 1.63 bits per heavy atom. The molecule has 1 aliphatic carbocycles. The zero-order valence-corrected chi connectivity index (χ0v) is 30.3. The van der Waals surface area contributed by atoms with E-state index in [2.05, 4.69) is 4.74 Å². The Hall–Kier alpha value is -4.19. The number of likely N-dealkylation sites (tertiary alicyclic amines) is 1. The molecule has 5 rings (SSSR count). The van der Waals surface area contributed by atoms with Crippen molar-refractivity contribution >= 4 is 50.3 Å². The molecule has 2 aliphatic rings. The van der Waals surface area contributed by atoms with Crippen LogP contribution in [0.4, 0.5) is 32.4 Å². The van der Waals surface area contributed by atoms with Crippen LogP contribution in [0.5, 0.6) is 5.75 Å². The van der Waals surface area contributed by atoms with Gasteiger partial charge in [0.2, 0.25) is 5.92 Å². The van der Waals surface area contributed by atoms with Gasteiger partial charge in [-0.2, -0.15) is 13.2 Å².